The number of rotatable bonds is 11. The van der Waals surface area contributed by atoms with Gasteiger partial charge in [-0.25, -0.2) is 12.8 Å². The predicted octanol–water partition coefficient (Wildman–Crippen LogP) is 6.83. The van der Waals surface area contributed by atoms with Crippen LogP contribution in [0.2, 0.25) is 0 Å². The molecule has 0 spiro atoms. The summed E-state index contributed by atoms with van der Waals surface area (Å²) in [5.41, 5.74) is 7.17. The van der Waals surface area contributed by atoms with Gasteiger partial charge in [-0.2, -0.15) is 0 Å². The third kappa shape index (κ3) is 5.34. The van der Waals surface area contributed by atoms with E-state index in [0.717, 1.165) is 57.4 Å². The lowest BCUT2D eigenvalue weighted by Gasteiger charge is -2.28. The first-order valence-electron chi connectivity index (χ1n) is 14.4. The molecular weight excluding hydrogens is 551 g/mol. The molecule has 1 saturated carbocycles. The zero-order valence-electron chi connectivity index (χ0n) is 24.2. The minimum atomic E-state index is -3.07. The van der Waals surface area contributed by atoms with Crippen LogP contribution >= 0.6 is 0 Å². The van der Waals surface area contributed by atoms with Crippen LogP contribution in [0.25, 0.3) is 27.7 Å². The molecule has 1 aliphatic carbocycles. The van der Waals surface area contributed by atoms with Crippen molar-refractivity contribution in [3.63, 3.8) is 0 Å². The molecule has 8 heteroatoms. The number of aliphatic imine (C=N–C) groups is 1. The Morgan fingerprint density at radius 1 is 1.07 bits per heavy atom. The van der Waals surface area contributed by atoms with E-state index in [0.29, 0.717) is 25.1 Å². The highest BCUT2D eigenvalue weighted by Crippen LogP contribution is 2.44. The van der Waals surface area contributed by atoms with E-state index in [4.69, 9.17) is 4.74 Å². The number of hydrogen-bond donors (Lipinski definition) is 0. The summed E-state index contributed by atoms with van der Waals surface area (Å²) in [4.78, 5) is 17.4. The molecule has 0 atom stereocenters. The SMILES string of the molecule is COCC(C)(C)c1c(-c2ccc(C(=O)CCCS(=O)(=O)C3CC3)cc2)c2cc3c(cc2n1-c1ccc(F)cc1)C=NC3. The second-order valence-electron chi connectivity index (χ2n) is 12.1. The largest absolute Gasteiger partial charge is 0.384 e. The second-order valence-corrected chi connectivity index (χ2v) is 14.5. The van der Waals surface area contributed by atoms with Crippen molar-refractivity contribution in [3.05, 3.63) is 88.9 Å². The lowest BCUT2D eigenvalue weighted by atomic mass is 9.84. The molecular formula is C34H35FN2O4S. The number of hydrogen-bond acceptors (Lipinski definition) is 5. The number of ether oxygens (including phenoxy) is 1. The first-order valence-corrected chi connectivity index (χ1v) is 16.1. The van der Waals surface area contributed by atoms with E-state index >= 15 is 0 Å². The van der Waals surface area contributed by atoms with E-state index < -0.39 is 15.3 Å². The zero-order valence-corrected chi connectivity index (χ0v) is 25.0. The molecule has 42 heavy (non-hydrogen) atoms. The molecule has 0 bridgehead atoms. The van der Waals surface area contributed by atoms with E-state index in [1.807, 2.05) is 30.5 Å². The van der Waals surface area contributed by atoms with Crippen molar-refractivity contribution in [2.45, 2.75) is 56.7 Å². The monoisotopic (exact) mass is 586 g/mol. The summed E-state index contributed by atoms with van der Waals surface area (Å²) in [5.74, 6) is -0.293. The van der Waals surface area contributed by atoms with Crippen LogP contribution in [-0.4, -0.2) is 49.7 Å². The van der Waals surface area contributed by atoms with Gasteiger partial charge in [0.2, 0.25) is 0 Å². The fourth-order valence-electron chi connectivity index (χ4n) is 6.11. The van der Waals surface area contributed by atoms with Crippen molar-refractivity contribution in [2.75, 3.05) is 19.5 Å². The molecule has 6 nitrogen and oxygen atoms in total. The summed E-state index contributed by atoms with van der Waals surface area (Å²) < 4.78 is 46.3. The fourth-order valence-corrected chi connectivity index (χ4v) is 7.84. The number of halogens is 1. The molecule has 6 rings (SSSR count). The average Bonchev–Trinajstić information content (AvgIpc) is 3.65. The van der Waals surface area contributed by atoms with Crippen LogP contribution in [0.5, 0.6) is 0 Å². The second kappa shape index (κ2) is 10.9. The van der Waals surface area contributed by atoms with Gasteiger partial charge in [0.1, 0.15) is 5.82 Å². The van der Waals surface area contributed by atoms with Crippen molar-refractivity contribution in [3.8, 4) is 16.8 Å². The minimum Gasteiger partial charge on any atom is -0.384 e. The Balaban J connectivity index is 1.44. The van der Waals surface area contributed by atoms with Crippen molar-refractivity contribution in [1.29, 1.82) is 0 Å². The van der Waals surface area contributed by atoms with E-state index in [-0.39, 0.29) is 29.0 Å². The summed E-state index contributed by atoms with van der Waals surface area (Å²) in [6, 6.07) is 18.5. The van der Waals surface area contributed by atoms with Crippen LogP contribution in [0.15, 0.2) is 65.7 Å². The number of Topliss-reactive ketones (excluding diaryl/α,β-unsaturated/α-hetero) is 1. The Kier molecular flexibility index (Phi) is 7.39. The van der Waals surface area contributed by atoms with E-state index in [2.05, 4.69) is 35.5 Å². The number of fused-ring (bicyclic) bond motifs is 2. The smallest absolute Gasteiger partial charge is 0.162 e. The Labute approximate surface area is 246 Å². The van der Waals surface area contributed by atoms with Crippen molar-refractivity contribution in [2.24, 2.45) is 4.99 Å². The van der Waals surface area contributed by atoms with Gasteiger partial charge in [-0.15, -0.1) is 0 Å². The summed E-state index contributed by atoms with van der Waals surface area (Å²) in [5, 5.41) is 0.848. The molecule has 0 saturated heterocycles. The first-order chi connectivity index (χ1) is 20.1. The van der Waals surface area contributed by atoms with Crippen LogP contribution in [-0.2, 0) is 26.5 Å². The minimum absolute atomic E-state index is 0.0591. The van der Waals surface area contributed by atoms with E-state index in [1.54, 1.807) is 19.2 Å². The average molecular weight is 587 g/mol. The Morgan fingerprint density at radius 3 is 2.45 bits per heavy atom. The summed E-state index contributed by atoms with van der Waals surface area (Å²) in [6.45, 7) is 5.35. The first kappa shape index (κ1) is 28.5. The van der Waals surface area contributed by atoms with Gasteiger partial charge in [0.25, 0.3) is 0 Å². The zero-order chi connectivity index (χ0) is 29.6. The van der Waals surface area contributed by atoms with Crippen LogP contribution in [0.3, 0.4) is 0 Å². The summed E-state index contributed by atoms with van der Waals surface area (Å²) in [7, 11) is -1.39. The number of benzene rings is 3. The molecule has 1 fully saturated rings. The Bertz CT molecular complexity index is 1800. The van der Waals surface area contributed by atoms with Gasteiger partial charge in [-0.3, -0.25) is 9.79 Å². The number of aromatic nitrogens is 1. The number of carbonyl (C=O) groups excluding carboxylic acids is 1. The van der Waals surface area contributed by atoms with Gasteiger partial charge >= 0.3 is 0 Å². The van der Waals surface area contributed by atoms with Crippen LogP contribution in [0.4, 0.5) is 4.39 Å². The van der Waals surface area contributed by atoms with Gasteiger partial charge in [0, 0.05) is 53.1 Å². The molecule has 0 N–H and O–H groups in total. The third-order valence-electron chi connectivity index (χ3n) is 8.31. The number of carbonyl (C=O) groups is 1. The molecule has 3 aromatic carbocycles. The highest BCUT2D eigenvalue weighted by Gasteiger charge is 2.35. The normalized spacial score (nSPS) is 15.0. The van der Waals surface area contributed by atoms with Crippen molar-refractivity contribution in [1.82, 2.24) is 4.57 Å². The van der Waals surface area contributed by atoms with E-state index in [9.17, 15) is 17.6 Å². The van der Waals surface area contributed by atoms with Gasteiger partial charge in [-0.05, 0) is 72.4 Å². The maximum absolute atomic E-state index is 14.0. The Morgan fingerprint density at radius 2 is 1.79 bits per heavy atom. The Hall–Kier alpha value is -3.62. The maximum atomic E-state index is 14.0. The topological polar surface area (TPSA) is 77.7 Å². The molecule has 1 aliphatic heterocycles. The van der Waals surface area contributed by atoms with Gasteiger partial charge in [-0.1, -0.05) is 38.1 Å². The number of sulfone groups is 1. The molecule has 0 radical (unpaired) electrons. The highest BCUT2D eigenvalue weighted by atomic mass is 32.2. The van der Waals surface area contributed by atoms with Crippen molar-refractivity contribution >= 4 is 32.7 Å². The highest BCUT2D eigenvalue weighted by molar-refractivity contribution is 7.92. The lowest BCUT2D eigenvalue weighted by molar-refractivity contribution is 0.0982. The quantitative estimate of drug-likeness (QED) is 0.181. The predicted molar refractivity (Wildman–Crippen MR) is 165 cm³/mol. The summed E-state index contributed by atoms with van der Waals surface area (Å²) >= 11 is 0. The lowest BCUT2D eigenvalue weighted by Crippen LogP contribution is -2.27. The number of nitrogens with zero attached hydrogens (tertiary/aromatic N) is 2. The van der Waals surface area contributed by atoms with E-state index in [1.165, 1.54) is 12.1 Å². The maximum Gasteiger partial charge on any atom is 0.162 e. The standard InChI is InChI=1S/C34H35FN2O4S/c1-34(2,21-41-3)33-32(23-8-6-22(7-9-23)31(38)5-4-16-42(39,40)28-14-15-28)29-17-24-19-36-20-25(24)18-30(29)37(33)27-12-10-26(35)11-13-27/h6-13,17-18,20,28H,4-5,14-16,19,21H2,1-3H3. The van der Waals surface area contributed by atoms with Crippen LogP contribution < -0.4 is 0 Å². The van der Waals surface area contributed by atoms with Crippen molar-refractivity contribution < 1.29 is 22.3 Å². The molecule has 0 amide bonds. The molecule has 2 heterocycles. The van der Waals surface area contributed by atoms with Crippen LogP contribution in [0, 0.1) is 5.82 Å². The van der Waals surface area contributed by atoms with Crippen LogP contribution in [0.1, 0.15) is 66.7 Å². The number of methoxy groups -OCH3 is 1. The van der Waals surface area contributed by atoms with Gasteiger partial charge < -0.3 is 9.30 Å². The van der Waals surface area contributed by atoms with Gasteiger partial charge in [0.05, 0.1) is 29.7 Å². The molecule has 1 aromatic heterocycles. The molecule has 0 unspecified atom stereocenters. The molecule has 4 aromatic rings. The summed E-state index contributed by atoms with van der Waals surface area (Å²) in [6.07, 6.45) is 3.93. The third-order valence-corrected chi connectivity index (χ3v) is 10.7. The number of ketones is 1. The molecule has 2 aliphatic rings. The molecule has 218 valence electrons. The fraction of sp³-hybridized carbons (Fsp3) is 0.353. The van der Waals surface area contributed by atoms with Gasteiger partial charge in [0.15, 0.2) is 15.6 Å².